The average molecular weight is 311 g/mol. The molecular formula is C19H25N3O. The number of carbonyl (C=O) groups is 1. The van der Waals surface area contributed by atoms with E-state index in [-0.39, 0.29) is 5.91 Å². The van der Waals surface area contributed by atoms with Crippen LogP contribution in [0.15, 0.2) is 36.5 Å². The van der Waals surface area contributed by atoms with Crippen molar-refractivity contribution >= 4 is 17.3 Å². The van der Waals surface area contributed by atoms with Crippen molar-refractivity contribution in [3.63, 3.8) is 0 Å². The van der Waals surface area contributed by atoms with Crippen molar-refractivity contribution in [3.8, 4) is 0 Å². The molecule has 4 heteroatoms. The standard InChI is InChI=1S/C19H25N3O/c1-4-5-6-10-20-16-9-11-21-18(13-16)19(23)22-17-12-14(2)7-8-15(17)3/h7-9,11-13H,4-6,10H2,1-3H3,(H,20,21)(H,22,23). The highest BCUT2D eigenvalue weighted by Gasteiger charge is 2.10. The Labute approximate surface area is 138 Å². The Morgan fingerprint density at radius 1 is 1.13 bits per heavy atom. The minimum atomic E-state index is -0.184. The summed E-state index contributed by atoms with van der Waals surface area (Å²) in [5, 5.41) is 6.28. The molecule has 1 aromatic heterocycles. The van der Waals surface area contributed by atoms with Gasteiger partial charge in [0.15, 0.2) is 0 Å². The SMILES string of the molecule is CCCCCNc1ccnc(C(=O)Nc2cc(C)ccc2C)c1. The molecule has 0 bridgehead atoms. The number of unbranched alkanes of at least 4 members (excludes halogenated alkanes) is 2. The maximum atomic E-state index is 12.4. The van der Waals surface area contributed by atoms with Gasteiger partial charge in [-0.2, -0.15) is 0 Å². The Morgan fingerprint density at radius 2 is 1.96 bits per heavy atom. The molecule has 0 aliphatic heterocycles. The second-order valence-corrected chi connectivity index (χ2v) is 5.84. The summed E-state index contributed by atoms with van der Waals surface area (Å²) in [6.45, 7) is 7.08. The Hall–Kier alpha value is -2.36. The first-order valence-corrected chi connectivity index (χ1v) is 8.18. The summed E-state index contributed by atoms with van der Waals surface area (Å²) < 4.78 is 0. The van der Waals surface area contributed by atoms with E-state index in [4.69, 9.17) is 0 Å². The molecule has 2 aromatic rings. The van der Waals surface area contributed by atoms with E-state index in [0.29, 0.717) is 5.69 Å². The van der Waals surface area contributed by atoms with E-state index in [1.165, 1.54) is 12.8 Å². The Morgan fingerprint density at radius 3 is 2.74 bits per heavy atom. The van der Waals surface area contributed by atoms with Crippen LogP contribution in [0.1, 0.15) is 47.8 Å². The lowest BCUT2D eigenvalue weighted by atomic mass is 10.1. The van der Waals surface area contributed by atoms with E-state index in [1.54, 1.807) is 12.3 Å². The number of benzene rings is 1. The molecule has 0 aliphatic carbocycles. The average Bonchev–Trinajstić information content (AvgIpc) is 2.55. The molecule has 4 nitrogen and oxygen atoms in total. The second-order valence-electron chi connectivity index (χ2n) is 5.84. The second kappa shape index (κ2) is 8.32. The molecule has 0 fully saturated rings. The molecule has 0 aliphatic rings. The van der Waals surface area contributed by atoms with Crippen LogP contribution in [-0.2, 0) is 0 Å². The number of amides is 1. The van der Waals surface area contributed by atoms with Gasteiger partial charge in [-0.1, -0.05) is 31.9 Å². The number of hydrogen-bond acceptors (Lipinski definition) is 3. The number of aryl methyl sites for hydroxylation is 2. The van der Waals surface area contributed by atoms with Crippen molar-refractivity contribution in [2.24, 2.45) is 0 Å². The van der Waals surface area contributed by atoms with E-state index in [1.807, 2.05) is 38.1 Å². The molecule has 23 heavy (non-hydrogen) atoms. The van der Waals surface area contributed by atoms with Gasteiger partial charge in [-0.05, 0) is 49.6 Å². The van der Waals surface area contributed by atoms with Crippen LogP contribution in [0.4, 0.5) is 11.4 Å². The first-order valence-electron chi connectivity index (χ1n) is 8.18. The van der Waals surface area contributed by atoms with Crippen LogP contribution >= 0.6 is 0 Å². The lowest BCUT2D eigenvalue weighted by Crippen LogP contribution is -2.15. The Balaban J connectivity index is 2.03. The first kappa shape index (κ1) is 17.0. The van der Waals surface area contributed by atoms with Crippen LogP contribution in [0.3, 0.4) is 0 Å². The van der Waals surface area contributed by atoms with Gasteiger partial charge < -0.3 is 10.6 Å². The van der Waals surface area contributed by atoms with Crippen LogP contribution in [0.25, 0.3) is 0 Å². The van der Waals surface area contributed by atoms with Gasteiger partial charge in [-0.15, -0.1) is 0 Å². The van der Waals surface area contributed by atoms with Crippen molar-refractivity contribution in [2.75, 3.05) is 17.2 Å². The van der Waals surface area contributed by atoms with E-state index in [0.717, 1.165) is 35.5 Å². The van der Waals surface area contributed by atoms with E-state index < -0.39 is 0 Å². The van der Waals surface area contributed by atoms with Crippen molar-refractivity contribution in [1.82, 2.24) is 4.98 Å². The molecule has 2 rings (SSSR count). The quantitative estimate of drug-likeness (QED) is 0.737. The number of rotatable bonds is 7. The fraction of sp³-hybridized carbons (Fsp3) is 0.368. The van der Waals surface area contributed by atoms with E-state index in [2.05, 4.69) is 22.5 Å². The monoisotopic (exact) mass is 311 g/mol. The third-order valence-corrected chi connectivity index (χ3v) is 3.74. The molecular weight excluding hydrogens is 286 g/mol. The molecule has 0 saturated heterocycles. The van der Waals surface area contributed by atoms with Gasteiger partial charge in [-0.3, -0.25) is 9.78 Å². The van der Waals surface area contributed by atoms with E-state index >= 15 is 0 Å². The van der Waals surface area contributed by atoms with Crippen molar-refractivity contribution < 1.29 is 4.79 Å². The molecule has 1 heterocycles. The predicted molar refractivity (Wildman–Crippen MR) is 96.1 cm³/mol. The first-order chi connectivity index (χ1) is 11.1. The van der Waals surface area contributed by atoms with Gasteiger partial charge in [-0.25, -0.2) is 0 Å². The summed E-state index contributed by atoms with van der Waals surface area (Å²) in [4.78, 5) is 16.6. The maximum absolute atomic E-state index is 12.4. The smallest absolute Gasteiger partial charge is 0.274 e. The number of hydrogen-bond donors (Lipinski definition) is 2. The minimum Gasteiger partial charge on any atom is -0.385 e. The molecule has 0 saturated carbocycles. The van der Waals surface area contributed by atoms with Crippen molar-refractivity contribution in [3.05, 3.63) is 53.3 Å². The number of carbonyl (C=O) groups excluding carboxylic acids is 1. The van der Waals surface area contributed by atoms with E-state index in [9.17, 15) is 4.79 Å². The molecule has 2 N–H and O–H groups in total. The summed E-state index contributed by atoms with van der Waals surface area (Å²) in [5.74, 6) is -0.184. The summed E-state index contributed by atoms with van der Waals surface area (Å²) >= 11 is 0. The highest BCUT2D eigenvalue weighted by Crippen LogP contribution is 2.18. The van der Waals surface area contributed by atoms with Crippen LogP contribution in [0.5, 0.6) is 0 Å². The molecule has 0 radical (unpaired) electrons. The molecule has 0 unspecified atom stereocenters. The molecule has 1 amide bonds. The zero-order valence-electron chi connectivity index (χ0n) is 14.1. The fourth-order valence-electron chi connectivity index (χ4n) is 2.33. The number of aromatic nitrogens is 1. The molecule has 0 atom stereocenters. The number of nitrogens with zero attached hydrogens (tertiary/aromatic N) is 1. The zero-order valence-corrected chi connectivity index (χ0v) is 14.1. The highest BCUT2D eigenvalue weighted by molar-refractivity contribution is 6.03. The molecule has 0 spiro atoms. The van der Waals surface area contributed by atoms with Crippen molar-refractivity contribution in [1.29, 1.82) is 0 Å². The van der Waals surface area contributed by atoms with Crippen molar-refractivity contribution in [2.45, 2.75) is 40.0 Å². The molecule has 122 valence electrons. The van der Waals surface area contributed by atoms with Crippen LogP contribution in [0.2, 0.25) is 0 Å². The van der Waals surface area contributed by atoms with Crippen LogP contribution in [0, 0.1) is 13.8 Å². The zero-order chi connectivity index (χ0) is 16.7. The summed E-state index contributed by atoms with van der Waals surface area (Å²) in [7, 11) is 0. The normalized spacial score (nSPS) is 10.4. The largest absolute Gasteiger partial charge is 0.385 e. The summed E-state index contributed by atoms with van der Waals surface area (Å²) in [6, 6.07) is 9.70. The Kier molecular flexibility index (Phi) is 6.15. The van der Waals surface area contributed by atoms with Crippen LogP contribution in [-0.4, -0.2) is 17.4 Å². The van der Waals surface area contributed by atoms with Gasteiger partial charge in [0.2, 0.25) is 0 Å². The lowest BCUT2D eigenvalue weighted by molar-refractivity contribution is 0.102. The summed E-state index contributed by atoms with van der Waals surface area (Å²) in [5.41, 5.74) is 4.34. The molecule has 1 aromatic carbocycles. The predicted octanol–water partition coefficient (Wildman–Crippen LogP) is 4.55. The minimum absolute atomic E-state index is 0.184. The lowest BCUT2D eigenvalue weighted by Gasteiger charge is -2.10. The fourth-order valence-corrected chi connectivity index (χ4v) is 2.33. The Bertz CT molecular complexity index is 667. The van der Waals surface area contributed by atoms with Gasteiger partial charge in [0.1, 0.15) is 5.69 Å². The summed E-state index contributed by atoms with van der Waals surface area (Å²) in [6.07, 6.45) is 5.20. The van der Waals surface area contributed by atoms with Gasteiger partial charge >= 0.3 is 0 Å². The number of nitrogens with one attached hydrogen (secondary N) is 2. The van der Waals surface area contributed by atoms with Gasteiger partial charge in [0.05, 0.1) is 0 Å². The highest BCUT2D eigenvalue weighted by atomic mass is 16.1. The third kappa shape index (κ3) is 5.09. The van der Waals surface area contributed by atoms with Crippen LogP contribution < -0.4 is 10.6 Å². The maximum Gasteiger partial charge on any atom is 0.274 e. The number of pyridine rings is 1. The van der Waals surface area contributed by atoms with Gasteiger partial charge in [0.25, 0.3) is 5.91 Å². The topological polar surface area (TPSA) is 54.0 Å². The van der Waals surface area contributed by atoms with Gasteiger partial charge in [0, 0.05) is 24.1 Å². The third-order valence-electron chi connectivity index (χ3n) is 3.74. The number of anilines is 2.